The van der Waals surface area contributed by atoms with Gasteiger partial charge < -0.3 is 5.73 Å². The Morgan fingerprint density at radius 3 is 3.24 bits per heavy atom. The summed E-state index contributed by atoms with van der Waals surface area (Å²) < 4.78 is 1.82. The predicted molar refractivity (Wildman–Crippen MR) is 70.9 cm³/mol. The minimum atomic E-state index is 0.612. The van der Waals surface area contributed by atoms with Crippen LogP contribution in [0.15, 0.2) is 6.20 Å². The van der Waals surface area contributed by atoms with Gasteiger partial charge >= 0.3 is 0 Å². The van der Waals surface area contributed by atoms with Crippen LogP contribution in [0.1, 0.15) is 19.0 Å². The second kappa shape index (κ2) is 6.37. The molecule has 2 N–H and O–H groups in total. The van der Waals surface area contributed by atoms with Gasteiger partial charge in [-0.2, -0.15) is 11.8 Å². The van der Waals surface area contributed by atoms with Crippen LogP contribution in [0.25, 0.3) is 0 Å². The molecule has 1 saturated heterocycles. The SMILES string of the molecule is CCC1CN(Cc2cn(CCN)nn2)CCS1. The van der Waals surface area contributed by atoms with Crippen molar-refractivity contribution in [3.8, 4) is 0 Å². The van der Waals surface area contributed by atoms with E-state index in [9.17, 15) is 0 Å². The largest absolute Gasteiger partial charge is 0.329 e. The van der Waals surface area contributed by atoms with Gasteiger partial charge in [-0.3, -0.25) is 9.58 Å². The molecular weight excluding hydrogens is 234 g/mol. The van der Waals surface area contributed by atoms with Crippen molar-refractivity contribution in [2.45, 2.75) is 31.7 Å². The molecule has 1 aliphatic heterocycles. The maximum atomic E-state index is 5.49. The van der Waals surface area contributed by atoms with Gasteiger partial charge in [0.15, 0.2) is 0 Å². The second-order valence-electron chi connectivity index (χ2n) is 4.40. The lowest BCUT2D eigenvalue weighted by Gasteiger charge is -2.31. The highest BCUT2D eigenvalue weighted by atomic mass is 32.2. The summed E-state index contributed by atoms with van der Waals surface area (Å²) in [6.07, 6.45) is 3.26. The fourth-order valence-electron chi connectivity index (χ4n) is 2.05. The lowest BCUT2D eigenvalue weighted by atomic mass is 10.3. The molecule has 1 aliphatic rings. The molecule has 0 spiro atoms. The Balaban J connectivity index is 1.86. The van der Waals surface area contributed by atoms with Crippen molar-refractivity contribution in [1.82, 2.24) is 19.9 Å². The van der Waals surface area contributed by atoms with Crippen molar-refractivity contribution in [3.63, 3.8) is 0 Å². The molecule has 5 nitrogen and oxygen atoms in total. The summed E-state index contributed by atoms with van der Waals surface area (Å²) in [5.74, 6) is 1.23. The van der Waals surface area contributed by atoms with Crippen molar-refractivity contribution >= 4 is 11.8 Å². The van der Waals surface area contributed by atoms with Gasteiger partial charge in [0.1, 0.15) is 0 Å². The zero-order valence-electron chi connectivity index (χ0n) is 10.4. The fraction of sp³-hybridized carbons (Fsp3) is 0.818. The van der Waals surface area contributed by atoms with Crippen LogP contribution in [0.5, 0.6) is 0 Å². The van der Waals surface area contributed by atoms with E-state index in [0.29, 0.717) is 6.54 Å². The molecule has 0 saturated carbocycles. The Bertz CT molecular complexity index is 340. The molecule has 1 fully saturated rings. The number of rotatable bonds is 5. The summed E-state index contributed by atoms with van der Waals surface area (Å²) in [4.78, 5) is 2.47. The first-order valence-electron chi connectivity index (χ1n) is 6.25. The van der Waals surface area contributed by atoms with Crippen LogP contribution >= 0.6 is 11.8 Å². The van der Waals surface area contributed by atoms with E-state index in [1.807, 2.05) is 10.9 Å². The van der Waals surface area contributed by atoms with Gasteiger partial charge in [0.05, 0.1) is 12.2 Å². The van der Waals surface area contributed by atoms with Gasteiger partial charge in [0.25, 0.3) is 0 Å². The highest BCUT2D eigenvalue weighted by Gasteiger charge is 2.19. The predicted octanol–water partition coefficient (Wildman–Crippen LogP) is 0.564. The topological polar surface area (TPSA) is 60.0 Å². The Kier molecular flexibility index (Phi) is 4.82. The minimum Gasteiger partial charge on any atom is -0.329 e. The molecule has 2 rings (SSSR count). The molecule has 0 aromatic carbocycles. The molecule has 0 radical (unpaired) electrons. The third kappa shape index (κ3) is 3.69. The quantitative estimate of drug-likeness (QED) is 0.833. The van der Waals surface area contributed by atoms with Crippen molar-refractivity contribution in [3.05, 3.63) is 11.9 Å². The Morgan fingerprint density at radius 2 is 2.47 bits per heavy atom. The van der Waals surface area contributed by atoms with Crippen LogP contribution < -0.4 is 5.73 Å². The third-order valence-electron chi connectivity index (χ3n) is 3.01. The Labute approximate surface area is 107 Å². The lowest BCUT2D eigenvalue weighted by Crippen LogP contribution is -2.37. The molecule has 0 amide bonds. The first-order valence-corrected chi connectivity index (χ1v) is 7.29. The van der Waals surface area contributed by atoms with Gasteiger partial charge in [0, 0.05) is 43.4 Å². The summed E-state index contributed by atoms with van der Waals surface area (Å²) in [5.41, 5.74) is 6.54. The van der Waals surface area contributed by atoms with E-state index in [2.05, 4.69) is 33.9 Å². The number of hydrogen-bond acceptors (Lipinski definition) is 5. The Morgan fingerprint density at radius 1 is 1.59 bits per heavy atom. The van der Waals surface area contributed by atoms with E-state index in [0.717, 1.165) is 30.6 Å². The summed E-state index contributed by atoms with van der Waals surface area (Å²) >= 11 is 2.09. The number of nitrogens with zero attached hydrogens (tertiary/aromatic N) is 4. The summed E-state index contributed by atoms with van der Waals surface area (Å²) in [6, 6.07) is 0. The van der Waals surface area contributed by atoms with Crippen LogP contribution in [-0.4, -0.2) is 50.5 Å². The molecule has 0 bridgehead atoms. The van der Waals surface area contributed by atoms with Crippen LogP contribution in [0.4, 0.5) is 0 Å². The molecule has 1 aromatic heterocycles. The van der Waals surface area contributed by atoms with Crippen molar-refractivity contribution < 1.29 is 0 Å². The van der Waals surface area contributed by atoms with Crippen LogP contribution in [0.2, 0.25) is 0 Å². The van der Waals surface area contributed by atoms with E-state index < -0.39 is 0 Å². The second-order valence-corrected chi connectivity index (χ2v) is 5.81. The highest BCUT2D eigenvalue weighted by Crippen LogP contribution is 2.21. The van der Waals surface area contributed by atoms with E-state index in [1.54, 1.807) is 0 Å². The van der Waals surface area contributed by atoms with Crippen LogP contribution in [0.3, 0.4) is 0 Å². The summed E-state index contributed by atoms with van der Waals surface area (Å²) in [6.45, 7) is 6.87. The average molecular weight is 255 g/mol. The average Bonchev–Trinajstić information content (AvgIpc) is 2.77. The van der Waals surface area contributed by atoms with Crippen LogP contribution in [0, 0.1) is 0 Å². The Hall–Kier alpha value is -0.590. The van der Waals surface area contributed by atoms with E-state index in [-0.39, 0.29) is 0 Å². The molecule has 1 aromatic rings. The van der Waals surface area contributed by atoms with Gasteiger partial charge in [-0.15, -0.1) is 5.10 Å². The maximum absolute atomic E-state index is 5.49. The number of thioether (sulfide) groups is 1. The molecule has 17 heavy (non-hydrogen) atoms. The minimum absolute atomic E-state index is 0.612. The third-order valence-corrected chi connectivity index (χ3v) is 4.38. The molecule has 1 atom stereocenters. The van der Waals surface area contributed by atoms with Gasteiger partial charge in [-0.25, -0.2) is 0 Å². The fourth-order valence-corrected chi connectivity index (χ4v) is 3.30. The molecule has 96 valence electrons. The standard InChI is InChI=1S/C11H21N5S/c1-2-11-9-15(5-6-17-11)7-10-8-16(4-3-12)14-13-10/h8,11H,2-7,9,12H2,1H3. The number of hydrogen-bond donors (Lipinski definition) is 1. The lowest BCUT2D eigenvalue weighted by molar-refractivity contribution is 0.270. The van der Waals surface area contributed by atoms with Gasteiger partial charge in [-0.1, -0.05) is 12.1 Å². The van der Waals surface area contributed by atoms with Crippen molar-refractivity contribution in [2.75, 3.05) is 25.4 Å². The first-order chi connectivity index (χ1) is 8.31. The summed E-state index contributed by atoms with van der Waals surface area (Å²) in [5, 5.41) is 9.03. The maximum Gasteiger partial charge on any atom is 0.0967 e. The summed E-state index contributed by atoms with van der Waals surface area (Å²) in [7, 11) is 0. The monoisotopic (exact) mass is 255 g/mol. The molecular formula is C11H21N5S. The molecule has 6 heteroatoms. The van der Waals surface area contributed by atoms with Crippen LogP contribution in [-0.2, 0) is 13.1 Å². The molecule has 2 heterocycles. The van der Waals surface area contributed by atoms with Gasteiger partial charge in [0.2, 0.25) is 0 Å². The van der Waals surface area contributed by atoms with E-state index >= 15 is 0 Å². The van der Waals surface area contributed by atoms with E-state index in [4.69, 9.17) is 5.73 Å². The molecule has 0 aliphatic carbocycles. The molecule has 1 unspecified atom stereocenters. The first kappa shape index (κ1) is 12.9. The zero-order valence-corrected chi connectivity index (χ0v) is 11.2. The van der Waals surface area contributed by atoms with Crippen molar-refractivity contribution in [2.24, 2.45) is 5.73 Å². The van der Waals surface area contributed by atoms with Crippen molar-refractivity contribution in [1.29, 1.82) is 0 Å². The number of nitrogens with two attached hydrogens (primary N) is 1. The van der Waals surface area contributed by atoms with E-state index in [1.165, 1.54) is 18.7 Å². The highest BCUT2D eigenvalue weighted by molar-refractivity contribution is 8.00. The zero-order chi connectivity index (χ0) is 12.1. The van der Waals surface area contributed by atoms with Gasteiger partial charge in [-0.05, 0) is 6.42 Å². The smallest absolute Gasteiger partial charge is 0.0967 e. The normalized spacial score (nSPS) is 21.9. The number of aromatic nitrogens is 3.